The van der Waals surface area contributed by atoms with Crippen LogP contribution in [0.3, 0.4) is 0 Å². The van der Waals surface area contributed by atoms with Gasteiger partial charge in [-0.25, -0.2) is 0 Å². The molecule has 0 unspecified atom stereocenters. The van der Waals surface area contributed by atoms with Gasteiger partial charge in [-0.1, -0.05) is 60.7 Å². The monoisotopic (exact) mass is 608 g/mol. The van der Waals surface area contributed by atoms with E-state index in [9.17, 15) is 0 Å². The van der Waals surface area contributed by atoms with Crippen LogP contribution in [0.2, 0.25) is 0 Å². The second kappa shape index (κ2) is 14.9. The number of benzene rings is 6. The third-order valence-corrected chi connectivity index (χ3v) is 7.52. The number of ether oxygens (including phenoxy) is 2. The fraction of sp³-hybridized carbons (Fsp3) is 0.100. The summed E-state index contributed by atoms with van der Waals surface area (Å²) in [5.41, 5.74) is 8.44. The lowest BCUT2D eigenvalue weighted by Crippen LogP contribution is -2.10. The molecule has 6 heteroatoms. The summed E-state index contributed by atoms with van der Waals surface area (Å²) in [6.45, 7) is 0.496. The summed E-state index contributed by atoms with van der Waals surface area (Å²) in [4.78, 5) is 4.42. The van der Waals surface area contributed by atoms with Gasteiger partial charge < -0.3 is 29.5 Å². The number of hydrogen-bond donors (Lipinski definition) is 2. The van der Waals surface area contributed by atoms with E-state index in [1.165, 1.54) is 0 Å². The quantitative estimate of drug-likeness (QED) is 0.136. The maximum absolute atomic E-state index is 9.09. The molecule has 0 bridgehead atoms. The van der Waals surface area contributed by atoms with Crippen molar-refractivity contribution in [3.05, 3.63) is 158 Å². The van der Waals surface area contributed by atoms with Crippen molar-refractivity contribution in [2.45, 2.75) is 0 Å². The summed E-state index contributed by atoms with van der Waals surface area (Å²) in [5, 5.41) is 18.2. The van der Waals surface area contributed by atoms with Crippen LogP contribution in [0.4, 0.5) is 34.1 Å². The molecule has 0 saturated carbocycles. The van der Waals surface area contributed by atoms with Crippen molar-refractivity contribution in [3.8, 4) is 22.6 Å². The molecule has 0 fully saturated rings. The standard InChI is InChI=1S/C40H36N2O4/c43-27-29-45-39-23-19-37(20-24-39)41(33-7-3-1-4-8-33)35-15-11-31(12-16-35)32-13-17-36(18-14-32)42(34-9-5-2-6-10-34)38-21-25-40(26-22-38)46-30-28-44/h1-26,43-44H,27-30H2. The Morgan fingerprint density at radius 2 is 0.630 bits per heavy atom. The smallest absolute Gasteiger partial charge is 0.119 e. The lowest BCUT2D eigenvalue weighted by Gasteiger charge is -2.26. The van der Waals surface area contributed by atoms with Gasteiger partial charge in [-0.05, 0) is 108 Å². The van der Waals surface area contributed by atoms with Gasteiger partial charge in [-0.15, -0.1) is 0 Å². The molecular weight excluding hydrogens is 572 g/mol. The number of para-hydroxylation sites is 2. The lowest BCUT2D eigenvalue weighted by atomic mass is 10.0. The summed E-state index contributed by atoms with van der Waals surface area (Å²) in [5.74, 6) is 1.44. The van der Waals surface area contributed by atoms with E-state index in [0.717, 1.165) is 56.8 Å². The Labute approximate surface area is 270 Å². The SMILES string of the molecule is OCCOc1ccc(N(c2ccccc2)c2ccc(-c3ccc(N(c4ccccc4)c4ccc(OCCO)cc4)cc3)cc2)cc1. The van der Waals surface area contributed by atoms with E-state index in [2.05, 4.69) is 82.6 Å². The molecule has 0 radical (unpaired) electrons. The number of rotatable bonds is 13. The van der Waals surface area contributed by atoms with Gasteiger partial charge in [0.1, 0.15) is 24.7 Å². The number of anilines is 6. The summed E-state index contributed by atoms with van der Waals surface area (Å²) in [7, 11) is 0. The molecule has 0 spiro atoms. The Bertz CT molecular complexity index is 1640. The first-order chi connectivity index (χ1) is 22.7. The average Bonchev–Trinajstić information content (AvgIpc) is 3.13. The first-order valence-corrected chi connectivity index (χ1v) is 15.3. The van der Waals surface area contributed by atoms with E-state index in [1.54, 1.807) is 0 Å². The highest BCUT2D eigenvalue weighted by atomic mass is 16.5. The lowest BCUT2D eigenvalue weighted by molar-refractivity contribution is 0.201. The second-order valence-electron chi connectivity index (χ2n) is 10.6. The third-order valence-electron chi connectivity index (χ3n) is 7.52. The van der Waals surface area contributed by atoms with Gasteiger partial charge in [-0.2, -0.15) is 0 Å². The van der Waals surface area contributed by atoms with Crippen LogP contribution >= 0.6 is 0 Å². The fourth-order valence-electron chi connectivity index (χ4n) is 5.36. The predicted octanol–water partition coefficient (Wildman–Crippen LogP) is 9.04. The minimum absolute atomic E-state index is 0.0192. The van der Waals surface area contributed by atoms with Crippen molar-refractivity contribution in [2.24, 2.45) is 0 Å². The van der Waals surface area contributed by atoms with Crippen LogP contribution < -0.4 is 19.3 Å². The molecule has 0 aliphatic rings. The molecule has 0 aliphatic carbocycles. The maximum atomic E-state index is 9.09. The molecule has 0 amide bonds. The van der Waals surface area contributed by atoms with Crippen molar-refractivity contribution in [1.82, 2.24) is 0 Å². The molecule has 6 nitrogen and oxygen atoms in total. The van der Waals surface area contributed by atoms with E-state index in [1.807, 2.05) is 84.9 Å². The normalized spacial score (nSPS) is 10.7. The summed E-state index contributed by atoms with van der Waals surface area (Å²) >= 11 is 0. The molecule has 2 N–H and O–H groups in total. The van der Waals surface area contributed by atoms with Crippen molar-refractivity contribution in [2.75, 3.05) is 36.2 Å². The second-order valence-corrected chi connectivity index (χ2v) is 10.6. The van der Waals surface area contributed by atoms with E-state index in [4.69, 9.17) is 19.7 Å². The molecule has 0 saturated heterocycles. The van der Waals surface area contributed by atoms with Crippen molar-refractivity contribution in [3.63, 3.8) is 0 Å². The van der Waals surface area contributed by atoms with Crippen molar-refractivity contribution < 1.29 is 19.7 Å². The van der Waals surface area contributed by atoms with Crippen LogP contribution in [0.1, 0.15) is 0 Å². The zero-order valence-electron chi connectivity index (χ0n) is 25.4. The van der Waals surface area contributed by atoms with Crippen LogP contribution in [-0.2, 0) is 0 Å². The van der Waals surface area contributed by atoms with Crippen LogP contribution in [0.15, 0.2) is 158 Å². The molecule has 0 aliphatic heterocycles. The van der Waals surface area contributed by atoms with Gasteiger partial charge >= 0.3 is 0 Å². The van der Waals surface area contributed by atoms with E-state index in [-0.39, 0.29) is 26.4 Å². The van der Waals surface area contributed by atoms with Gasteiger partial charge in [0.25, 0.3) is 0 Å². The Balaban J connectivity index is 1.26. The van der Waals surface area contributed by atoms with E-state index in [0.29, 0.717) is 0 Å². The minimum atomic E-state index is -0.0192. The maximum Gasteiger partial charge on any atom is 0.119 e. The van der Waals surface area contributed by atoms with Gasteiger partial charge in [0.05, 0.1) is 13.2 Å². The Hall–Kier alpha value is -5.56. The van der Waals surface area contributed by atoms with E-state index < -0.39 is 0 Å². The number of aliphatic hydroxyl groups is 2. The Morgan fingerprint density at radius 1 is 0.348 bits per heavy atom. The largest absolute Gasteiger partial charge is 0.491 e. The third kappa shape index (κ3) is 7.21. The first kappa shape index (κ1) is 30.5. The van der Waals surface area contributed by atoms with Gasteiger partial charge in [0, 0.05) is 34.1 Å². The molecule has 0 aromatic heterocycles. The van der Waals surface area contributed by atoms with Crippen LogP contribution in [-0.4, -0.2) is 36.6 Å². The van der Waals surface area contributed by atoms with E-state index >= 15 is 0 Å². The zero-order valence-corrected chi connectivity index (χ0v) is 25.4. The number of hydrogen-bond acceptors (Lipinski definition) is 6. The molecule has 0 atom stereocenters. The molecular formula is C40H36N2O4. The van der Waals surface area contributed by atoms with Gasteiger partial charge in [-0.3, -0.25) is 0 Å². The summed E-state index contributed by atoms with van der Waals surface area (Å²) in [6, 6.07) is 53.5. The molecule has 0 heterocycles. The highest BCUT2D eigenvalue weighted by molar-refractivity contribution is 5.80. The Kier molecular flexibility index (Phi) is 9.90. The van der Waals surface area contributed by atoms with Crippen molar-refractivity contribution >= 4 is 34.1 Å². The average molecular weight is 609 g/mol. The first-order valence-electron chi connectivity index (χ1n) is 15.3. The molecule has 6 aromatic carbocycles. The Morgan fingerprint density at radius 3 is 0.935 bits per heavy atom. The molecule has 6 rings (SSSR count). The zero-order chi connectivity index (χ0) is 31.6. The summed E-state index contributed by atoms with van der Waals surface area (Å²) < 4.78 is 11.1. The number of aliphatic hydroxyl groups excluding tert-OH is 2. The van der Waals surface area contributed by atoms with Gasteiger partial charge in [0.2, 0.25) is 0 Å². The summed E-state index contributed by atoms with van der Waals surface area (Å²) in [6.07, 6.45) is 0. The molecule has 46 heavy (non-hydrogen) atoms. The number of nitrogens with zero attached hydrogens (tertiary/aromatic N) is 2. The van der Waals surface area contributed by atoms with Crippen LogP contribution in [0.5, 0.6) is 11.5 Å². The predicted molar refractivity (Wildman–Crippen MR) is 186 cm³/mol. The minimum Gasteiger partial charge on any atom is -0.491 e. The molecule has 6 aromatic rings. The van der Waals surface area contributed by atoms with Crippen LogP contribution in [0, 0.1) is 0 Å². The topological polar surface area (TPSA) is 65.4 Å². The highest BCUT2D eigenvalue weighted by Gasteiger charge is 2.15. The van der Waals surface area contributed by atoms with Crippen LogP contribution in [0.25, 0.3) is 11.1 Å². The fourth-order valence-corrected chi connectivity index (χ4v) is 5.36. The highest BCUT2D eigenvalue weighted by Crippen LogP contribution is 2.38. The van der Waals surface area contributed by atoms with Gasteiger partial charge in [0.15, 0.2) is 0 Å². The molecule has 230 valence electrons. The van der Waals surface area contributed by atoms with Crippen molar-refractivity contribution in [1.29, 1.82) is 0 Å².